The number of nitrogens with zero attached hydrogens (tertiary/aromatic N) is 1. The molecule has 2 aromatic carbocycles. The molecule has 1 fully saturated rings. The Kier molecular flexibility index (Phi) is 7.69. The normalized spacial score (nSPS) is 17.1. The molecule has 4 nitrogen and oxygen atoms in total. The first-order valence-electron chi connectivity index (χ1n) is 9.32. The van der Waals surface area contributed by atoms with Gasteiger partial charge in [-0.15, -0.1) is 12.4 Å². The summed E-state index contributed by atoms with van der Waals surface area (Å²) in [5, 5.41) is 3.40. The third-order valence-electron chi connectivity index (χ3n) is 5.37. The summed E-state index contributed by atoms with van der Waals surface area (Å²) in [7, 11) is 3.59. The zero-order valence-electron chi connectivity index (χ0n) is 16.3. The first-order chi connectivity index (χ1) is 12.6. The number of carbonyl (C=O) groups is 1. The van der Waals surface area contributed by atoms with Gasteiger partial charge in [0.25, 0.3) is 0 Å². The van der Waals surface area contributed by atoms with E-state index in [1.165, 1.54) is 6.42 Å². The van der Waals surface area contributed by atoms with Crippen molar-refractivity contribution in [3.05, 3.63) is 54.1 Å². The molecule has 1 amide bonds. The molecule has 0 spiro atoms. The van der Waals surface area contributed by atoms with Crippen LogP contribution in [0.3, 0.4) is 0 Å². The zero-order valence-corrected chi connectivity index (χ0v) is 17.1. The molecule has 0 radical (unpaired) electrons. The van der Waals surface area contributed by atoms with Gasteiger partial charge in [0.15, 0.2) is 0 Å². The van der Waals surface area contributed by atoms with E-state index in [0.717, 1.165) is 35.4 Å². The van der Waals surface area contributed by atoms with Gasteiger partial charge in [0.1, 0.15) is 5.75 Å². The average molecular weight is 389 g/mol. The number of nitrogens with one attached hydrogen (secondary N) is 1. The number of rotatable bonds is 6. The highest BCUT2D eigenvalue weighted by Gasteiger charge is 2.23. The van der Waals surface area contributed by atoms with Crippen LogP contribution in [0.2, 0.25) is 0 Å². The second-order valence-corrected chi connectivity index (χ2v) is 7.00. The summed E-state index contributed by atoms with van der Waals surface area (Å²) < 4.78 is 5.45. The Bertz CT molecular complexity index is 742. The maximum absolute atomic E-state index is 12.6. The molecule has 3 rings (SSSR count). The number of hydrogen-bond donors (Lipinski definition) is 1. The number of carbonyl (C=O) groups excluding carboxylic acids is 1. The first-order valence-corrected chi connectivity index (χ1v) is 9.32. The summed E-state index contributed by atoms with van der Waals surface area (Å²) in [6.45, 7) is 3.11. The zero-order chi connectivity index (χ0) is 18.5. The number of para-hydroxylation sites is 1. The summed E-state index contributed by atoms with van der Waals surface area (Å²) >= 11 is 0. The Labute approximate surface area is 168 Å². The standard InChI is InChI=1S/C22H28N2O2.ClH/c1-16(24(2)22(25)15-19-7-6-14-23-19)17-10-12-18(13-11-17)20-8-4-5-9-21(20)26-3;/h4-5,8-13,16,19,23H,6-7,14-15H2,1-3H3;1H. The van der Waals surface area contributed by atoms with E-state index in [9.17, 15) is 4.79 Å². The molecule has 5 heteroatoms. The Hall–Kier alpha value is -2.04. The fourth-order valence-electron chi connectivity index (χ4n) is 3.55. The van der Waals surface area contributed by atoms with E-state index in [2.05, 4.69) is 42.6 Å². The lowest BCUT2D eigenvalue weighted by Crippen LogP contribution is -2.34. The van der Waals surface area contributed by atoms with Crippen LogP contribution < -0.4 is 10.1 Å². The van der Waals surface area contributed by atoms with Crippen molar-refractivity contribution in [2.24, 2.45) is 0 Å². The molecule has 1 heterocycles. The SMILES string of the molecule is COc1ccccc1-c1ccc(C(C)N(C)C(=O)CC2CCCN2)cc1.Cl. The Balaban J connectivity index is 0.00000261. The average Bonchev–Trinajstić information content (AvgIpc) is 3.20. The van der Waals surface area contributed by atoms with Crippen LogP contribution in [-0.4, -0.2) is 37.6 Å². The van der Waals surface area contributed by atoms with Crippen molar-refractivity contribution >= 4 is 18.3 Å². The number of halogens is 1. The maximum atomic E-state index is 12.6. The number of methoxy groups -OCH3 is 1. The summed E-state index contributed by atoms with van der Waals surface area (Å²) in [6, 6.07) is 16.8. The van der Waals surface area contributed by atoms with Crippen molar-refractivity contribution in [3.63, 3.8) is 0 Å². The molecular weight excluding hydrogens is 360 g/mol. The third-order valence-corrected chi connectivity index (χ3v) is 5.37. The van der Waals surface area contributed by atoms with Gasteiger partial charge in [-0.2, -0.15) is 0 Å². The van der Waals surface area contributed by atoms with E-state index in [1.807, 2.05) is 30.1 Å². The van der Waals surface area contributed by atoms with Gasteiger partial charge in [0.2, 0.25) is 5.91 Å². The minimum absolute atomic E-state index is 0. The lowest BCUT2D eigenvalue weighted by atomic mass is 10.00. The van der Waals surface area contributed by atoms with Gasteiger partial charge in [-0.05, 0) is 43.5 Å². The van der Waals surface area contributed by atoms with Crippen molar-refractivity contribution in [1.82, 2.24) is 10.2 Å². The van der Waals surface area contributed by atoms with Crippen LogP contribution in [0.25, 0.3) is 11.1 Å². The molecule has 0 aliphatic carbocycles. The molecule has 1 aliphatic heterocycles. The maximum Gasteiger partial charge on any atom is 0.224 e. The van der Waals surface area contributed by atoms with Crippen LogP contribution in [0.15, 0.2) is 48.5 Å². The van der Waals surface area contributed by atoms with Crippen LogP contribution in [0.1, 0.15) is 37.8 Å². The van der Waals surface area contributed by atoms with Gasteiger partial charge in [-0.3, -0.25) is 4.79 Å². The van der Waals surface area contributed by atoms with Crippen LogP contribution in [0, 0.1) is 0 Å². The Morgan fingerprint density at radius 3 is 2.56 bits per heavy atom. The van der Waals surface area contributed by atoms with Gasteiger partial charge in [-0.25, -0.2) is 0 Å². The van der Waals surface area contributed by atoms with Crippen molar-refractivity contribution in [3.8, 4) is 16.9 Å². The second-order valence-electron chi connectivity index (χ2n) is 7.00. The van der Waals surface area contributed by atoms with Crippen LogP contribution in [0.5, 0.6) is 5.75 Å². The molecule has 27 heavy (non-hydrogen) atoms. The molecule has 0 aromatic heterocycles. The quantitative estimate of drug-likeness (QED) is 0.795. The van der Waals surface area contributed by atoms with Crippen molar-refractivity contribution in [1.29, 1.82) is 0 Å². The van der Waals surface area contributed by atoms with E-state index < -0.39 is 0 Å². The predicted molar refractivity (Wildman–Crippen MR) is 113 cm³/mol. The third kappa shape index (κ3) is 5.02. The molecule has 1 saturated heterocycles. The minimum atomic E-state index is 0. The largest absolute Gasteiger partial charge is 0.496 e. The highest BCUT2D eigenvalue weighted by Crippen LogP contribution is 2.31. The van der Waals surface area contributed by atoms with E-state index in [4.69, 9.17) is 4.74 Å². The highest BCUT2D eigenvalue weighted by atomic mass is 35.5. The molecule has 146 valence electrons. The van der Waals surface area contributed by atoms with Gasteiger partial charge in [0.05, 0.1) is 13.2 Å². The first kappa shape index (κ1) is 21.3. The van der Waals surface area contributed by atoms with Crippen molar-refractivity contribution < 1.29 is 9.53 Å². The van der Waals surface area contributed by atoms with Crippen LogP contribution in [0.4, 0.5) is 0 Å². The minimum Gasteiger partial charge on any atom is -0.496 e. The molecule has 1 aliphatic rings. The smallest absolute Gasteiger partial charge is 0.224 e. The van der Waals surface area contributed by atoms with Crippen molar-refractivity contribution in [2.45, 2.75) is 38.3 Å². The van der Waals surface area contributed by atoms with E-state index >= 15 is 0 Å². The Morgan fingerprint density at radius 1 is 1.22 bits per heavy atom. The number of amides is 1. The Morgan fingerprint density at radius 2 is 1.93 bits per heavy atom. The number of ether oxygens (including phenoxy) is 1. The lowest BCUT2D eigenvalue weighted by molar-refractivity contribution is -0.132. The fourth-order valence-corrected chi connectivity index (χ4v) is 3.55. The topological polar surface area (TPSA) is 41.6 Å². The molecule has 0 saturated carbocycles. The second kappa shape index (κ2) is 9.77. The van der Waals surface area contributed by atoms with Gasteiger partial charge >= 0.3 is 0 Å². The van der Waals surface area contributed by atoms with Crippen molar-refractivity contribution in [2.75, 3.05) is 20.7 Å². The van der Waals surface area contributed by atoms with E-state index in [0.29, 0.717) is 12.5 Å². The highest BCUT2D eigenvalue weighted by molar-refractivity contribution is 5.85. The molecule has 1 N–H and O–H groups in total. The van der Waals surface area contributed by atoms with Gasteiger partial charge < -0.3 is 15.0 Å². The van der Waals surface area contributed by atoms with Gasteiger partial charge in [0, 0.05) is 25.1 Å². The number of hydrogen-bond acceptors (Lipinski definition) is 3. The monoisotopic (exact) mass is 388 g/mol. The van der Waals surface area contributed by atoms with Gasteiger partial charge in [-0.1, -0.05) is 42.5 Å². The number of benzene rings is 2. The fraction of sp³-hybridized carbons (Fsp3) is 0.409. The molecule has 2 atom stereocenters. The summed E-state index contributed by atoms with van der Waals surface area (Å²) in [4.78, 5) is 14.4. The van der Waals surface area contributed by atoms with Crippen LogP contribution >= 0.6 is 12.4 Å². The predicted octanol–water partition coefficient (Wildman–Crippen LogP) is 4.45. The van der Waals surface area contributed by atoms with E-state index in [1.54, 1.807) is 7.11 Å². The molecule has 0 bridgehead atoms. The lowest BCUT2D eigenvalue weighted by Gasteiger charge is -2.27. The van der Waals surface area contributed by atoms with Crippen LogP contribution in [-0.2, 0) is 4.79 Å². The molecular formula is C22H29ClN2O2. The summed E-state index contributed by atoms with van der Waals surface area (Å²) in [5.41, 5.74) is 3.33. The summed E-state index contributed by atoms with van der Waals surface area (Å²) in [6.07, 6.45) is 2.85. The molecule has 2 aromatic rings. The van der Waals surface area contributed by atoms with E-state index in [-0.39, 0.29) is 24.4 Å². The molecule has 2 unspecified atom stereocenters. The summed E-state index contributed by atoms with van der Waals surface area (Å²) in [5.74, 6) is 1.07.